The topological polar surface area (TPSA) is 66.9 Å². The molecule has 0 aliphatic carbocycles. The molecule has 0 saturated carbocycles. The summed E-state index contributed by atoms with van der Waals surface area (Å²) in [6.07, 6.45) is 1.49. The fourth-order valence-corrected chi connectivity index (χ4v) is 2.50. The van der Waals surface area contributed by atoms with Crippen molar-refractivity contribution in [1.29, 1.82) is 0 Å². The van der Waals surface area contributed by atoms with Crippen molar-refractivity contribution in [3.8, 4) is 0 Å². The van der Waals surface area contributed by atoms with Gasteiger partial charge >= 0.3 is 0 Å². The maximum Gasteiger partial charge on any atom is 0.251 e. The van der Waals surface area contributed by atoms with E-state index in [1.165, 1.54) is 6.33 Å². The second-order valence-corrected chi connectivity index (χ2v) is 5.87. The van der Waals surface area contributed by atoms with E-state index in [1.807, 2.05) is 37.3 Å². The Kier molecular flexibility index (Phi) is 4.91. The molecule has 1 aromatic heterocycles. The number of hydrogen-bond donors (Lipinski definition) is 2. The maximum absolute atomic E-state index is 12.0. The average molecular weight is 341 g/mol. The largest absolute Gasteiger partial charge is 0.368 e. The quantitative estimate of drug-likeness (QED) is 0.698. The highest BCUT2D eigenvalue weighted by molar-refractivity contribution is 6.31. The van der Waals surface area contributed by atoms with Crippen molar-refractivity contribution in [1.82, 2.24) is 15.3 Å². The van der Waals surface area contributed by atoms with Gasteiger partial charge in [-0.15, -0.1) is 0 Å². The number of benzene rings is 2. The zero-order valence-corrected chi connectivity index (χ0v) is 14.0. The molecule has 0 saturated heterocycles. The molecule has 5 nitrogen and oxygen atoms in total. The molecule has 0 spiro atoms. The van der Waals surface area contributed by atoms with Crippen LogP contribution in [0.3, 0.4) is 0 Å². The first-order valence-corrected chi connectivity index (χ1v) is 8.00. The summed E-state index contributed by atoms with van der Waals surface area (Å²) in [7, 11) is 0. The molecule has 2 aromatic carbocycles. The highest BCUT2D eigenvalue weighted by Gasteiger charge is 2.06. The monoisotopic (exact) mass is 340 g/mol. The molecule has 0 radical (unpaired) electrons. The van der Waals surface area contributed by atoms with Gasteiger partial charge in [-0.05, 0) is 37.3 Å². The predicted octanol–water partition coefficient (Wildman–Crippen LogP) is 3.43. The third-order valence-corrected chi connectivity index (χ3v) is 3.85. The average Bonchev–Trinajstić information content (AvgIpc) is 2.59. The number of aryl methyl sites for hydroxylation is 1. The molecule has 24 heavy (non-hydrogen) atoms. The molecule has 2 N–H and O–H groups in total. The summed E-state index contributed by atoms with van der Waals surface area (Å²) < 4.78 is 0. The number of carbonyl (C=O) groups is 1. The molecule has 1 amide bonds. The maximum atomic E-state index is 12.0. The number of fused-ring (bicyclic) bond motifs is 1. The number of rotatable bonds is 5. The summed E-state index contributed by atoms with van der Waals surface area (Å²) in [4.78, 5) is 20.5. The Labute approximate surface area is 145 Å². The van der Waals surface area contributed by atoms with E-state index in [4.69, 9.17) is 11.6 Å². The number of halogens is 1. The van der Waals surface area contributed by atoms with Gasteiger partial charge in [0.05, 0.1) is 5.52 Å². The second-order valence-electron chi connectivity index (χ2n) is 5.43. The molecule has 1 heterocycles. The lowest BCUT2D eigenvalue weighted by molar-refractivity contribution is 0.0955. The van der Waals surface area contributed by atoms with Crippen molar-refractivity contribution in [3.05, 3.63) is 64.9 Å². The van der Waals surface area contributed by atoms with Crippen LogP contribution >= 0.6 is 11.6 Å². The van der Waals surface area contributed by atoms with Crippen molar-refractivity contribution < 1.29 is 4.79 Å². The minimum Gasteiger partial charge on any atom is -0.368 e. The van der Waals surface area contributed by atoms with Gasteiger partial charge in [0.25, 0.3) is 5.91 Å². The fraction of sp³-hybridized carbons (Fsp3) is 0.167. The van der Waals surface area contributed by atoms with Crippen LogP contribution in [-0.4, -0.2) is 29.0 Å². The number of aromatic nitrogens is 2. The van der Waals surface area contributed by atoms with Crippen LogP contribution in [0.25, 0.3) is 10.9 Å². The molecule has 0 atom stereocenters. The van der Waals surface area contributed by atoms with Gasteiger partial charge in [-0.25, -0.2) is 9.97 Å². The molecule has 0 unspecified atom stereocenters. The molecule has 6 heteroatoms. The van der Waals surface area contributed by atoms with Crippen molar-refractivity contribution in [3.63, 3.8) is 0 Å². The van der Waals surface area contributed by atoms with Gasteiger partial charge in [-0.1, -0.05) is 29.3 Å². The lowest BCUT2D eigenvalue weighted by Crippen LogP contribution is -2.28. The summed E-state index contributed by atoms with van der Waals surface area (Å²) in [5.41, 5.74) is 2.57. The predicted molar refractivity (Wildman–Crippen MR) is 96.5 cm³/mol. The third kappa shape index (κ3) is 3.81. The van der Waals surface area contributed by atoms with E-state index in [0.29, 0.717) is 23.7 Å². The van der Waals surface area contributed by atoms with Crippen LogP contribution in [0.1, 0.15) is 15.9 Å². The van der Waals surface area contributed by atoms with Crippen LogP contribution in [0.15, 0.2) is 48.8 Å². The number of carbonyl (C=O) groups excluding carboxylic acids is 1. The van der Waals surface area contributed by atoms with Crippen LogP contribution in [0.5, 0.6) is 0 Å². The van der Waals surface area contributed by atoms with E-state index in [9.17, 15) is 4.79 Å². The van der Waals surface area contributed by atoms with Crippen LogP contribution in [0.4, 0.5) is 5.82 Å². The molecule has 3 aromatic rings. The van der Waals surface area contributed by atoms with Crippen molar-refractivity contribution in [2.45, 2.75) is 6.92 Å². The summed E-state index contributed by atoms with van der Waals surface area (Å²) in [6, 6.07) is 13.0. The second kappa shape index (κ2) is 7.27. The van der Waals surface area contributed by atoms with Crippen LogP contribution in [0.2, 0.25) is 5.02 Å². The van der Waals surface area contributed by atoms with Crippen molar-refractivity contribution in [2.24, 2.45) is 0 Å². The summed E-state index contributed by atoms with van der Waals surface area (Å²) in [5, 5.41) is 7.63. The standard InChI is InChI=1S/C18H17ClN4O/c1-12-2-4-13(5-3-12)18(24)21-9-8-20-17-15-7-6-14(19)10-16(15)22-11-23-17/h2-7,10-11H,8-9H2,1H3,(H,21,24)(H,20,22,23). The highest BCUT2D eigenvalue weighted by atomic mass is 35.5. The molecule has 122 valence electrons. The van der Waals surface area contributed by atoms with E-state index in [2.05, 4.69) is 20.6 Å². The number of nitrogens with zero attached hydrogens (tertiary/aromatic N) is 2. The Morgan fingerprint density at radius 3 is 2.67 bits per heavy atom. The molecular weight excluding hydrogens is 324 g/mol. The number of hydrogen-bond acceptors (Lipinski definition) is 4. The van der Waals surface area contributed by atoms with E-state index >= 15 is 0 Å². The van der Waals surface area contributed by atoms with Crippen molar-refractivity contribution in [2.75, 3.05) is 18.4 Å². The molecule has 0 aliphatic heterocycles. The lowest BCUT2D eigenvalue weighted by Gasteiger charge is -2.09. The zero-order chi connectivity index (χ0) is 16.9. The van der Waals surface area contributed by atoms with E-state index < -0.39 is 0 Å². The molecule has 0 fully saturated rings. The van der Waals surface area contributed by atoms with E-state index in [0.717, 1.165) is 22.3 Å². The SMILES string of the molecule is Cc1ccc(C(=O)NCCNc2ncnc3cc(Cl)ccc23)cc1. The van der Waals surface area contributed by atoms with Gasteiger partial charge in [0, 0.05) is 29.1 Å². The Hall–Kier alpha value is -2.66. The first-order chi connectivity index (χ1) is 11.6. The minimum absolute atomic E-state index is 0.0869. The van der Waals surface area contributed by atoms with Crippen LogP contribution in [0, 0.1) is 6.92 Å². The van der Waals surface area contributed by atoms with Gasteiger partial charge in [0.15, 0.2) is 0 Å². The Bertz CT molecular complexity index is 865. The summed E-state index contributed by atoms with van der Waals surface area (Å²) in [6.45, 7) is 3.04. The normalized spacial score (nSPS) is 10.6. The first-order valence-electron chi connectivity index (χ1n) is 7.62. The minimum atomic E-state index is -0.0869. The summed E-state index contributed by atoms with van der Waals surface area (Å²) in [5.74, 6) is 0.636. The van der Waals surface area contributed by atoms with Crippen LogP contribution < -0.4 is 10.6 Å². The molecular formula is C18H17ClN4O. The van der Waals surface area contributed by atoms with Gasteiger partial charge < -0.3 is 10.6 Å². The lowest BCUT2D eigenvalue weighted by atomic mass is 10.1. The summed E-state index contributed by atoms with van der Waals surface area (Å²) >= 11 is 5.97. The molecule has 3 rings (SSSR count). The van der Waals surface area contributed by atoms with E-state index in [1.54, 1.807) is 12.1 Å². The highest BCUT2D eigenvalue weighted by Crippen LogP contribution is 2.22. The van der Waals surface area contributed by atoms with Gasteiger partial charge in [0.1, 0.15) is 12.1 Å². The molecule has 0 bridgehead atoms. The van der Waals surface area contributed by atoms with Crippen LogP contribution in [-0.2, 0) is 0 Å². The Morgan fingerprint density at radius 2 is 1.88 bits per heavy atom. The third-order valence-electron chi connectivity index (χ3n) is 3.62. The zero-order valence-electron chi connectivity index (χ0n) is 13.2. The number of anilines is 1. The Morgan fingerprint density at radius 1 is 1.08 bits per heavy atom. The van der Waals surface area contributed by atoms with E-state index in [-0.39, 0.29) is 5.91 Å². The number of amides is 1. The van der Waals surface area contributed by atoms with Gasteiger partial charge in [-0.2, -0.15) is 0 Å². The van der Waals surface area contributed by atoms with Gasteiger partial charge in [0.2, 0.25) is 0 Å². The van der Waals surface area contributed by atoms with Crippen molar-refractivity contribution >= 4 is 34.2 Å². The molecule has 0 aliphatic rings. The fourth-order valence-electron chi connectivity index (χ4n) is 2.33. The first kappa shape index (κ1) is 16.2. The van der Waals surface area contributed by atoms with Gasteiger partial charge in [-0.3, -0.25) is 4.79 Å². The number of nitrogens with one attached hydrogen (secondary N) is 2. The smallest absolute Gasteiger partial charge is 0.251 e. The Balaban J connectivity index is 1.57.